The molecule has 1 saturated heterocycles. The third kappa shape index (κ3) is 5.59. The first-order chi connectivity index (χ1) is 12.2. The van der Waals surface area contributed by atoms with E-state index in [9.17, 15) is 14.4 Å². The van der Waals surface area contributed by atoms with Gasteiger partial charge in [0.25, 0.3) is 0 Å². The van der Waals surface area contributed by atoms with E-state index in [1.807, 2.05) is 39.0 Å². The van der Waals surface area contributed by atoms with Gasteiger partial charge in [0.15, 0.2) is 0 Å². The van der Waals surface area contributed by atoms with Crippen molar-refractivity contribution in [3.8, 4) is 0 Å². The number of rotatable bonds is 5. The third-order valence-electron chi connectivity index (χ3n) is 4.11. The van der Waals surface area contributed by atoms with Gasteiger partial charge in [0.2, 0.25) is 11.0 Å². The Morgan fingerprint density at radius 3 is 2.50 bits per heavy atom. The number of hydrogen-bond acceptors (Lipinski definition) is 5. The molecule has 0 bridgehead atoms. The number of carbonyl (C=O) groups is 3. The molecule has 1 heterocycles. The van der Waals surface area contributed by atoms with Crippen LogP contribution in [0.2, 0.25) is 0 Å². The second-order valence-corrected chi connectivity index (χ2v) is 8.58. The van der Waals surface area contributed by atoms with Crippen LogP contribution in [0.1, 0.15) is 50.9 Å². The van der Waals surface area contributed by atoms with Gasteiger partial charge in [-0.25, -0.2) is 4.79 Å². The summed E-state index contributed by atoms with van der Waals surface area (Å²) < 4.78 is 5.45. The minimum atomic E-state index is -0.571. The topological polar surface area (TPSA) is 63.7 Å². The quantitative estimate of drug-likeness (QED) is 0.735. The molecule has 5 nitrogen and oxygen atoms in total. The normalized spacial score (nSPS) is 18.5. The average Bonchev–Trinajstić information content (AvgIpc) is 3.07. The number of benzene rings is 1. The molecule has 0 spiro atoms. The van der Waals surface area contributed by atoms with Crippen molar-refractivity contribution in [3.63, 3.8) is 0 Å². The van der Waals surface area contributed by atoms with Crippen LogP contribution >= 0.6 is 11.8 Å². The van der Waals surface area contributed by atoms with Crippen molar-refractivity contribution in [1.29, 1.82) is 0 Å². The van der Waals surface area contributed by atoms with Crippen LogP contribution in [-0.4, -0.2) is 45.8 Å². The van der Waals surface area contributed by atoms with E-state index < -0.39 is 11.6 Å². The number of thioether (sulfide) groups is 1. The predicted octanol–water partition coefficient (Wildman–Crippen LogP) is 3.53. The van der Waals surface area contributed by atoms with Gasteiger partial charge in [0.1, 0.15) is 11.6 Å². The van der Waals surface area contributed by atoms with Crippen molar-refractivity contribution < 1.29 is 19.1 Å². The van der Waals surface area contributed by atoms with E-state index in [4.69, 9.17) is 4.74 Å². The lowest BCUT2D eigenvalue weighted by Crippen LogP contribution is -2.45. The number of hydrogen-bond donors (Lipinski definition) is 0. The van der Waals surface area contributed by atoms with Crippen LogP contribution in [-0.2, 0) is 14.3 Å². The molecule has 1 amide bonds. The Balaban J connectivity index is 1.92. The Morgan fingerprint density at radius 2 is 1.88 bits per heavy atom. The highest BCUT2D eigenvalue weighted by Crippen LogP contribution is 2.25. The Kier molecular flexibility index (Phi) is 6.87. The zero-order chi connectivity index (χ0) is 19.3. The summed E-state index contributed by atoms with van der Waals surface area (Å²) in [5.41, 5.74) is 0.0581. The molecule has 26 heavy (non-hydrogen) atoms. The molecule has 6 heteroatoms. The summed E-state index contributed by atoms with van der Waals surface area (Å²) >= 11 is 1.14. The van der Waals surface area contributed by atoms with E-state index in [1.54, 1.807) is 24.0 Å². The zero-order valence-corrected chi connectivity index (χ0v) is 16.7. The highest BCUT2D eigenvalue weighted by molar-refractivity contribution is 8.14. The van der Waals surface area contributed by atoms with Gasteiger partial charge in [-0.3, -0.25) is 9.59 Å². The second-order valence-electron chi connectivity index (χ2n) is 7.59. The van der Waals surface area contributed by atoms with Crippen LogP contribution in [0.25, 0.3) is 0 Å². The van der Waals surface area contributed by atoms with Crippen molar-refractivity contribution in [2.24, 2.45) is 5.92 Å². The maximum atomic E-state index is 12.8. The molecule has 0 N–H and O–H groups in total. The van der Waals surface area contributed by atoms with Gasteiger partial charge < -0.3 is 9.64 Å². The molecule has 1 aromatic rings. The average molecular weight is 378 g/mol. The molecule has 0 saturated carbocycles. The standard InChI is InChI=1S/C20H27NO4S/c1-14(13-26-19(24)15-9-6-5-7-10-15)17(22)21-12-8-11-16(21)18(23)25-20(2,3)4/h5-7,9-10,14,16H,8,11-13H2,1-4H3/t14?,16-/m0/s1. The maximum absolute atomic E-state index is 12.8. The molecule has 0 radical (unpaired) electrons. The van der Waals surface area contributed by atoms with Gasteiger partial charge in [0.05, 0.1) is 0 Å². The molecule has 2 atom stereocenters. The van der Waals surface area contributed by atoms with Crippen LogP contribution in [0.5, 0.6) is 0 Å². The summed E-state index contributed by atoms with van der Waals surface area (Å²) in [6.45, 7) is 7.82. The molecule has 0 aliphatic carbocycles. The number of nitrogens with zero attached hydrogens (tertiary/aromatic N) is 1. The Hall–Kier alpha value is -1.82. The number of amides is 1. The van der Waals surface area contributed by atoms with Crippen molar-refractivity contribution >= 4 is 28.8 Å². The number of likely N-dealkylation sites (tertiary alicyclic amines) is 1. The molecule has 1 fully saturated rings. The third-order valence-corrected chi connectivity index (χ3v) is 5.27. The molecule has 0 aromatic heterocycles. The highest BCUT2D eigenvalue weighted by atomic mass is 32.2. The molecule has 1 aliphatic rings. The fourth-order valence-corrected chi connectivity index (χ4v) is 3.70. The van der Waals surface area contributed by atoms with E-state index in [1.165, 1.54) is 0 Å². The number of ether oxygens (including phenoxy) is 1. The Morgan fingerprint density at radius 1 is 1.23 bits per heavy atom. The summed E-state index contributed by atoms with van der Waals surface area (Å²) in [4.78, 5) is 38.9. The first-order valence-electron chi connectivity index (χ1n) is 8.94. The van der Waals surface area contributed by atoms with E-state index in [0.29, 0.717) is 24.3 Å². The van der Waals surface area contributed by atoms with Gasteiger partial charge in [-0.05, 0) is 33.6 Å². The van der Waals surface area contributed by atoms with Gasteiger partial charge >= 0.3 is 5.97 Å². The molecule has 142 valence electrons. The SMILES string of the molecule is CC(CSC(=O)c1ccccc1)C(=O)N1CCC[C@H]1C(=O)OC(C)(C)C. The van der Waals surface area contributed by atoms with Gasteiger partial charge in [0, 0.05) is 23.8 Å². The van der Waals surface area contributed by atoms with E-state index >= 15 is 0 Å². The van der Waals surface area contributed by atoms with Gasteiger partial charge in [-0.15, -0.1) is 0 Å². The molecule has 1 unspecified atom stereocenters. The first-order valence-corrected chi connectivity index (χ1v) is 9.93. The van der Waals surface area contributed by atoms with Crippen LogP contribution in [0, 0.1) is 5.92 Å². The minimum absolute atomic E-state index is 0.0460. The molecular weight excluding hydrogens is 350 g/mol. The lowest BCUT2D eigenvalue weighted by Gasteiger charge is -2.29. The highest BCUT2D eigenvalue weighted by Gasteiger charge is 2.38. The predicted molar refractivity (Wildman–Crippen MR) is 103 cm³/mol. The van der Waals surface area contributed by atoms with Crippen LogP contribution in [0.4, 0.5) is 0 Å². The van der Waals surface area contributed by atoms with E-state index in [2.05, 4.69) is 0 Å². The fourth-order valence-electron chi connectivity index (χ4n) is 2.86. The smallest absolute Gasteiger partial charge is 0.329 e. The Bertz CT molecular complexity index is 654. The summed E-state index contributed by atoms with van der Waals surface area (Å²) in [6.07, 6.45) is 1.42. The van der Waals surface area contributed by atoms with Crippen molar-refractivity contribution in [3.05, 3.63) is 35.9 Å². The van der Waals surface area contributed by atoms with Crippen molar-refractivity contribution in [2.45, 2.75) is 52.2 Å². The van der Waals surface area contributed by atoms with Crippen LogP contribution < -0.4 is 0 Å². The van der Waals surface area contributed by atoms with Crippen molar-refractivity contribution in [1.82, 2.24) is 4.90 Å². The maximum Gasteiger partial charge on any atom is 0.329 e. The summed E-state index contributed by atoms with van der Waals surface area (Å²) in [5, 5.41) is -0.0460. The molecular formula is C20H27NO4S. The molecule has 1 aromatic carbocycles. The lowest BCUT2D eigenvalue weighted by atomic mass is 10.1. The van der Waals surface area contributed by atoms with E-state index in [0.717, 1.165) is 18.2 Å². The van der Waals surface area contributed by atoms with Gasteiger partial charge in [-0.1, -0.05) is 49.0 Å². The zero-order valence-electron chi connectivity index (χ0n) is 15.9. The fraction of sp³-hybridized carbons (Fsp3) is 0.550. The number of esters is 1. The van der Waals surface area contributed by atoms with Crippen LogP contribution in [0.15, 0.2) is 30.3 Å². The van der Waals surface area contributed by atoms with Crippen LogP contribution in [0.3, 0.4) is 0 Å². The molecule has 1 aliphatic heterocycles. The van der Waals surface area contributed by atoms with E-state index in [-0.39, 0.29) is 22.9 Å². The summed E-state index contributed by atoms with van der Waals surface area (Å²) in [6, 6.07) is 8.51. The van der Waals surface area contributed by atoms with Crippen molar-refractivity contribution in [2.75, 3.05) is 12.3 Å². The largest absolute Gasteiger partial charge is 0.458 e. The number of carbonyl (C=O) groups excluding carboxylic acids is 3. The molecule has 2 rings (SSSR count). The minimum Gasteiger partial charge on any atom is -0.458 e. The summed E-state index contributed by atoms with van der Waals surface area (Å²) in [7, 11) is 0. The van der Waals surface area contributed by atoms with Gasteiger partial charge in [-0.2, -0.15) is 0 Å². The summed E-state index contributed by atoms with van der Waals surface area (Å²) in [5.74, 6) is -0.379. The lowest BCUT2D eigenvalue weighted by molar-refractivity contribution is -0.163. The first kappa shape index (κ1) is 20.5. The Labute approximate surface area is 159 Å². The monoisotopic (exact) mass is 377 g/mol. The second kappa shape index (κ2) is 8.71.